The lowest BCUT2D eigenvalue weighted by molar-refractivity contribution is -0.142. The molecular weight excluding hydrogens is 202 g/mol. The normalized spacial score (nSPS) is 12.8. The average molecular weight is 221 g/mol. The van der Waals surface area contributed by atoms with Gasteiger partial charge in [0, 0.05) is 6.54 Å². The Morgan fingerprint density at radius 2 is 2.00 bits per heavy atom. The zero-order valence-electron chi connectivity index (χ0n) is 10.3. The maximum absolute atomic E-state index is 10.8. The molecule has 1 unspecified atom stereocenters. The molecule has 1 atom stereocenters. The summed E-state index contributed by atoms with van der Waals surface area (Å²) in [7, 11) is 1.83. The molecule has 0 amide bonds. The lowest BCUT2D eigenvalue weighted by Crippen LogP contribution is -2.35. The molecule has 0 heterocycles. The monoisotopic (exact) mass is 221 g/mol. The predicted molar refractivity (Wildman–Crippen MR) is 64.5 cm³/mol. The van der Waals surface area contributed by atoms with Gasteiger partial charge < -0.3 is 5.11 Å². The number of likely N-dealkylation sites (N-methyl/N-ethyl adjacent to an activating group) is 1. The van der Waals surface area contributed by atoms with Gasteiger partial charge in [0.1, 0.15) is 6.04 Å². The van der Waals surface area contributed by atoms with E-state index >= 15 is 0 Å². The van der Waals surface area contributed by atoms with Gasteiger partial charge in [0.25, 0.3) is 0 Å². The molecule has 0 bridgehead atoms. The largest absolute Gasteiger partial charge is 0.480 e. The van der Waals surface area contributed by atoms with E-state index in [2.05, 4.69) is 26.0 Å². The van der Waals surface area contributed by atoms with Gasteiger partial charge in [-0.1, -0.05) is 18.2 Å². The third-order valence-electron chi connectivity index (χ3n) is 3.02. The second-order valence-electron chi connectivity index (χ2n) is 4.35. The molecule has 0 aliphatic rings. The topological polar surface area (TPSA) is 40.5 Å². The van der Waals surface area contributed by atoms with Crippen LogP contribution < -0.4 is 0 Å². The zero-order chi connectivity index (χ0) is 12.3. The Labute approximate surface area is 96.7 Å². The standard InChI is InChI=1S/C13H19NO2/c1-9-5-6-12(7-10(9)2)8-14(4)11(3)13(15)16/h5-7,11H,8H2,1-4H3,(H,15,16). The van der Waals surface area contributed by atoms with Crippen LogP contribution in [0, 0.1) is 13.8 Å². The highest BCUT2D eigenvalue weighted by Gasteiger charge is 2.16. The highest BCUT2D eigenvalue weighted by atomic mass is 16.4. The molecule has 1 N–H and O–H groups in total. The van der Waals surface area contributed by atoms with Crippen LogP contribution in [0.5, 0.6) is 0 Å². The molecule has 1 aromatic rings. The van der Waals surface area contributed by atoms with Gasteiger partial charge >= 0.3 is 5.97 Å². The summed E-state index contributed by atoms with van der Waals surface area (Å²) in [6.45, 7) is 6.50. The van der Waals surface area contributed by atoms with Gasteiger partial charge in [0.15, 0.2) is 0 Å². The molecule has 1 aromatic carbocycles. The first-order valence-electron chi connectivity index (χ1n) is 5.41. The van der Waals surface area contributed by atoms with Gasteiger partial charge in [-0.3, -0.25) is 9.69 Å². The van der Waals surface area contributed by atoms with Crippen LogP contribution in [-0.4, -0.2) is 29.1 Å². The first kappa shape index (κ1) is 12.7. The molecule has 0 saturated heterocycles. The summed E-state index contributed by atoms with van der Waals surface area (Å²) in [6.07, 6.45) is 0. The molecular formula is C13H19NO2. The molecule has 88 valence electrons. The summed E-state index contributed by atoms with van der Waals surface area (Å²) in [5.41, 5.74) is 3.66. The van der Waals surface area contributed by atoms with Crippen molar-refractivity contribution in [2.45, 2.75) is 33.4 Å². The van der Waals surface area contributed by atoms with Crippen LogP contribution in [0.15, 0.2) is 18.2 Å². The fourth-order valence-electron chi connectivity index (χ4n) is 1.52. The van der Waals surface area contributed by atoms with Crippen LogP contribution in [0.3, 0.4) is 0 Å². The van der Waals surface area contributed by atoms with E-state index in [0.29, 0.717) is 6.54 Å². The molecule has 0 radical (unpaired) electrons. The average Bonchev–Trinajstić information content (AvgIpc) is 2.22. The van der Waals surface area contributed by atoms with E-state index in [4.69, 9.17) is 5.11 Å². The number of carboxylic acid groups (broad SMARTS) is 1. The molecule has 0 spiro atoms. The van der Waals surface area contributed by atoms with Crippen molar-refractivity contribution in [2.24, 2.45) is 0 Å². The van der Waals surface area contributed by atoms with E-state index in [1.165, 1.54) is 11.1 Å². The molecule has 16 heavy (non-hydrogen) atoms. The smallest absolute Gasteiger partial charge is 0.320 e. The Bertz CT molecular complexity index is 388. The fraction of sp³-hybridized carbons (Fsp3) is 0.462. The van der Waals surface area contributed by atoms with E-state index in [1.54, 1.807) is 6.92 Å². The number of nitrogens with zero attached hydrogens (tertiary/aromatic N) is 1. The lowest BCUT2D eigenvalue weighted by atomic mass is 10.1. The maximum atomic E-state index is 10.8. The van der Waals surface area contributed by atoms with Crippen molar-refractivity contribution < 1.29 is 9.90 Å². The van der Waals surface area contributed by atoms with E-state index in [-0.39, 0.29) is 0 Å². The minimum absolute atomic E-state index is 0.457. The van der Waals surface area contributed by atoms with Crippen LogP contribution in [0.25, 0.3) is 0 Å². The van der Waals surface area contributed by atoms with E-state index < -0.39 is 12.0 Å². The second kappa shape index (κ2) is 5.12. The van der Waals surface area contributed by atoms with E-state index in [9.17, 15) is 4.79 Å². The quantitative estimate of drug-likeness (QED) is 0.847. The van der Waals surface area contributed by atoms with Gasteiger partial charge in [-0.2, -0.15) is 0 Å². The first-order chi connectivity index (χ1) is 7.41. The Hall–Kier alpha value is -1.35. The first-order valence-corrected chi connectivity index (χ1v) is 5.41. The highest BCUT2D eigenvalue weighted by molar-refractivity contribution is 5.72. The summed E-state index contributed by atoms with van der Waals surface area (Å²) >= 11 is 0. The van der Waals surface area contributed by atoms with E-state index in [1.807, 2.05) is 18.0 Å². The molecule has 0 aromatic heterocycles. The van der Waals surface area contributed by atoms with Crippen LogP contribution in [0.1, 0.15) is 23.6 Å². The summed E-state index contributed by atoms with van der Waals surface area (Å²) in [5.74, 6) is -0.786. The molecule has 0 aliphatic carbocycles. The SMILES string of the molecule is Cc1ccc(CN(C)C(C)C(=O)O)cc1C. The number of carboxylic acids is 1. The predicted octanol–water partition coefficient (Wildman–Crippen LogP) is 2.21. The second-order valence-corrected chi connectivity index (χ2v) is 4.35. The van der Waals surface area contributed by atoms with Crippen LogP contribution in [0.2, 0.25) is 0 Å². The van der Waals surface area contributed by atoms with Crippen molar-refractivity contribution in [3.8, 4) is 0 Å². The molecule has 3 nitrogen and oxygen atoms in total. The molecule has 1 rings (SSSR count). The number of benzene rings is 1. The van der Waals surface area contributed by atoms with Gasteiger partial charge in [-0.05, 0) is 44.5 Å². The van der Waals surface area contributed by atoms with Crippen molar-refractivity contribution in [1.82, 2.24) is 4.90 Å². The van der Waals surface area contributed by atoms with Gasteiger partial charge in [0.2, 0.25) is 0 Å². The third-order valence-corrected chi connectivity index (χ3v) is 3.02. The van der Waals surface area contributed by atoms with Gasteiger partial charge in [-0.25, -0.2) is 0 Å². The Morgan fingerprint density at radius 1 is 1.38 bits per heavy atom. The number of carbonyl (C=O) groups is 1. The van der Waals surface area contributed by atoms with Crippen LogP contribution in [0.4, 0.5) is 0 Å². The fourth-order valence-corrected chi connectivity index (χ4v) is 1.52. The van der Waals surface area contributed by atoms with Gasteiger partial charge in [-0.15, -0.1) is 0 Å². The number of aryl methyl sites for hydroxylation is 2. The zero-order valence-corrected chi connectivity index (χ0v) is 10.3. The van der Waals surface area contributed by atoms with Crippen molar-refractivity contribution in [3.05, 3.63) is 34.9 Å². The molecule has 0 saturated carbocycles. The minimum Gasteiger partial charge on any atom is -0.480 e. The lowest BCUT2D eigenvalue weighted by Gasteiger charge is -2.21. The number of hydrogen-bond donors (Lipinski definition) is 1. The summed E-state index contributed by atoms with van der Waals surface area (Å²) in [6, 6.07) is 5.78. The summed E-state index contributed by atoms with van der Waals surface area (Å²) in [4.78, 5) is 12.6. The Kier molecular flexibility index (Phi) is 4.07. The van der Waals surface area contributed by atoms with Crippen LogP contribution in [-0.2, 0) is 11.3 Å². The third kappa shape index (κ3) is 3.07. The molecule has 0 aliphatic heterocycles. The molecule has 3 heteroatoms. The van der Waals surface area contributed by atoms with Crippen molar-refractivity contribution in [1.29, 1.82) is 0 Å². The Balaban J connectivity index is 2.73. The van der Waals surface area contributed by atoms with E-state index in [0.717, 1.165) is 5.56 Å². The van der Waals surface area contributed by atoms with Gasteiger partial charge in [0.05, 0.1) is 0 Å². The van der Waals surface area contributed by atoms with Crippen molar-refractivity contribution >= 4 is 5.97 Å². The highest BCUT2D eigenvalue weighted by Crippen LogP contribution is 2.12. The van der Waals surface area contributed by atoms with Crippen molar-refractivity contribution in [2.75, 3.05) is 7.05 Å². The minimum atomic E-state index is -0.786. The number of hydrogen-bond acceptors (Lipinski definition) is 2. The Morgan fingerprint density at radius 3 is 2.50 bits per heavy atom. The molecule has 0 fully saturated rings. The maximum Gasteiger partial charge on any atom is 0.320 e. The number of aliphatic carboxylic acids is 1. The number of rotatable bonds is 4. The van der Waals surface area contributed by atoms with Crippen molar-refractivity contribution in [3.63, 3.8) is 0 Å². The van der Waals surface area contributed by atoms with Crippen LogP contribution >= 0.6 is 0 Å². The summed E-state index contributed by atoms with van der Waals surface area (Å²) in [5, 5.41) is 8.89. The summed E-state index contributed by atoms with van der Waals surface area (Å²) < 4.78 is 0.